The van der Waals surface area contributed by atoms with Crippen molar-refractivity contribution >= 4 is 0 Å². The molecule has 2 aromatic carbocycles. The molecule has 3 rings (SSSR count). The minimum absolute atomic E-state index is 0.237. The fourth-order valence-corrected chi connectivity index (χ4v) is 2.00. The Bertz CT molecular complexity index is 766. The maximum Gasteiger partial charge on any atom is 0.419 e. The van der Waals surface area contributed by atoms with Gasteiger partial charge in [0.1, 0.15) is 5.75 Å². The number of aromatic nitrogens is 2. The number of nitrogens with zero attached hydrogens (tertiary/aromatic N) is 2. The first-order valence-electron chi connectivity index (χ1n) is 6.48. The number of para-hydroxylation sites is 2. The number of rotatable bonds is 3. The molecule has 0 bridgehead atoms. The Morgan fingerprint density at radius 1 is 0.909 bits per heavy atom. The van der Waals surface area contributed by atoms with E-state index in [1.165, 1.54) is 35.3 Å². The topological polar surface area (TPSA) is 27.1 Å². The maximum atomic E-state index is 12.9. The molecule has 3 aromatic rings. The zero-order valence-electron chi connectivity index (χ0n) is 11.3. The Hall–Kier alpha value is -2.76. The number of hydrogen-bond donors (Lipinski definition) is 0. The summed E-state index contributed by atoms with van der Waals surface area (Å²) in [5.74, 6) is -0.0110. The predicted molar refractivity (Wildman–Crippen MR) is 75.1 cm³/mol. The monoisotopic (exact) mass is 304 g/mol. The van der Waals surface area contributed by atoms with Crippen LogP contribution in [0.1, 0.15) is 5.56 Å². The van der Waals surface area contributed by atoms with Crippen LogP contribution in [0.3, 0.4) is 0 Å². The van der Waals surface area contributed by atoms with E-state index in [0.717, 1.165) is 11.8 Å². The lowest BCUT2D eigenvalue weighted by molar-refractivity contribution is -0.138. The molecule has 22 heavy (non-hydrogen) atoms. The van der Waals surface area contributed by atoms with E-state index in [9.17, 15) is 13.2 Å². The lowest BCUT2D eigenvalue weighted by Crippen LogP contribution is -2.06. The highest BCUT2D eigenvalue weighted by molar-refractivity contribution is 5.39. The van der Waals surface area contributed by atoms with Crippen LogP contribution in [0.4, 0.5) is 13.2 Å². The molecule has 112 valence electrons. The highest BCUT2D eigenvalue weighted by atomic mass is 19.4. The zero-order valence-corrected chi connectivity index (χ0v) is 11.3. The van der Waals surface area contributed by atoms with Crippen molar-refractivity contribution in [2.24, 2.45) is 0 Å². The third-order valence-corrected chi connectivity index (χ3v) is 3.00. The molecule has 0 unspecified atom stereocenters. The van der Waals surface area contributed by atoms with Crippen LogP contribution in [0, 0.1) is 0 Å². The molecule has 1 heterocycles. The molecule has 0 saturated carbocycles. The van der Waals surface area contributed by atoms with Gasteiger partial charge in [0, 0.05) is 0 Å². The van der Waals surface area contributed by atoms with Gasteiger partial charge in [0.05, 0.1) is 23.6 Å². The molecule has 0 aliphatic rings. The zero-order chi connectivity index (χ0) is 15.6. The summed E-state index contributed by atoms with van der Waals surface area (Å²) in [5.41, 5.74) is -0.0242. The Kier molecular flexibility index (Phi) is 3.58. The Morgan fingerprint density at radius 3 is 2.32 bits per heavy atom. The van der Waals surface area contributed by atoms with Crippen molar-refractivity contribution in [3.8, 4) is 17.2 Å². The van der Waals surface area contributed by atoms with E-state index in [-0.39, 0.29) is 11.5 Å². The van der Waals surface area contributed by atoms with E-state index in [1.54, 1.807) is 0 Å². The first-order chi connectivity index (χ1) is 10.5. The summed E-state index contributed by atoms with van der Waals surface area (Å²) in [6.07, 6.45) is -1.56. The van der Waals surface area contributed by atoms with E-state index in [2.05, 4.69) is 5.10 Å². The normalized spacial score (nSPS) is 11.4. The smallest absolute Gasteiger partial charge is 0.419 e. The summed E-state index contributed by atoms with van der Waals surface area (Å²) in [5, 5.41) is 4.08. The van der Waals surface area contributed by atoms with Crippen LogP contribution < -0.4 is 4.74 Å². The molecule has 0 spiro atoms. The van der Waals surface area contributed by atoms with Crippen LogP contribution in [0.5, 0.6) is 11.5 Å². The van der Waals surface area contributed by atoms with Crippen molar-refractivity contribution in [3.63, 3.8) is 0 Å². The molecule has 3 nitrogen and oxygen atoms in total. The van der Waals surface area contributed by atoms with Gasteiger partial charge < -0.3 is 4.74 Å². The van der Waals surface area contributed by atoms with Crippen LogP contribution in [-0.2, 0) is 6.18 Å². The molecular formula is C16H11F3N2O. The van der Waals surface area contributed by atoms with Gasteiger partial charge in [-0.15, -0.1) is 0 Å². The highest BCUT2D eigenvalue weighted by Crippen LogP contribution is 2.37. The van der Waals surface area contributed by atoms with Gasteiger partial charge in [-0.3, -0.25) is 0 Å². The van der Waals surface area contributed by atoms with E-state index in [4.69, 9.17) is 4.74 Å². The lowest BCUT2D eigenvalue weighted by Gasteiger charge is -2.12. The Balaban J connectivity index is 1.88. The summed E-state index contributed by atoms with van der Waals surface area (Å²) in [6.45, 7) is 0. The largest absolute Gasteiger partial charge is 0.453 e. The average molecular weight is 304 g/mol. The molecule has 0 fully saturated rings. The third kappa shape index (κ3) is 2.95. The molecule has 0 aliphatic heterocycles. The van der Waals surface area contributed by atoms with Gasteiger partial charge in [-0.2, -0.15) is 18.3 Å². The van der Waals surface area contributed by atoms with E-state index in [0.29, 0.717) is 0 Å². The van der Waals surface area contributed by atoms with Crippen LogP contribution >= 0.6 is 0 Å². The molecule has 0 saturated heterocycles. The number of alkyl halides is 3. The maximum absolute atomic E-state index is 12.9. The van der Waals surface area contributed by atoms with Gasteiger partial charge in [0.25, 0.3) is 0 Å². The molecule has 1 aromatic heterocycles. The third-order valence-electron chi connectivity index (χ3n) is 3.00. The second kappa shape index (κ2) is 5.55. The molecule has 0 amide bonds. The fourth-order valence-electron chi connectivity index (χ4n) is 2.00. The van der Waals surface area contributed by atoms with Crippen molar-refractivity contribution < 1.29 is 17.9 Å². The second-order valence-electron chi connectivity index (χ2n) is 4.55. The van der Waals surface area contributed by atoms with Gasteiger partial charge in [0.15, 0.2) is 5.75 Å². The molecule has 0 N–H and O–H groups in total. The fraction of sp³-hybridized carbons (Fsp3) is 0.0625. The summed E-state index contributed by atoms with van der Waals surface area (Å²) >= 11 is 0. The molecule has 0 aliphatic carbocycles. The van der Waals surface area contributed by atoms with Crippen LogP contribution in [0.25, 0.3) is 5.69 Å². The van der Waals surface area contributed by atoms with Crippen LogP contribution in [-0.4, -0.2) is 9.78 Å². The highest BCUT2D eigenvalue weighted by Gasteiger charge is 2.34. The number of hydrogen-bond acceptors (Lipinski definition) is 2. The van der Waals surface area contributed by atoms with E-state index < -0.39 is 11.7 Å². The van der Waals surface area contributed by atoms with Crippen molar-refractivity contribution in [2.45, 2.75) is 6.18 Å². The first-order valence-corrected chi connectivity index (χ1v) is 6.48. The Morgan fingerprint density at radius 2 is 1.59 bits per heavy atom. The quantitative estimate of drug-likeness (QED) is 0.702. The van der Waals surface area contributed by atoms with Gasteiger partial charge in [-0.25, -0.2) is 4.68 Å². The predicted octanol–water partition coefficient (Wildman–Crippen LogP) is 4.68. The van der Waals surface area contributed by atoms with Gasteiger partial charge in [0.2, 0.25) is 0 Å². The molecular weight excluding hydrogens is 293 g/mol. The summed E-state index contributed by atoms with van der Waals surface area (Å²) < 4.78 is 45.6. The summed E-state index contributed by atoms with van der Waals surface area (Å²) in [6, 6.07) is 14.3. The number of ether oxygens (including phenoxy) is 1. The second-order valence-corrected chi connectivity index (χ2v) is 4.55. The van der Waals surface area contributed by atoms with Crippen LogP contribution in [0.15, 0.2) is 67.0 Å². The van der Waals surface area contributed by atoms with E-state index in [1.807, 2.05) is 30.3 Å². The minimum atomic E-state index is -4.47. The van der Waals surface area contributed by atoms with Crippen molar-refractivity contribution in [1.29, 1.82) is 0 Å². The standard InChI is InChI=1S/C16H11F3N2O/c17-16(18,19)14-8-4-5-9-15(14)22-13-10-20-21(11-13)12-6-2-1-3-7-12/h1-11H. The summed E-state index contributed by atoms with van der Waals surface area (Å²) in [7, 11) is 0. The van der Waals surface area contributed by atoms with E-state index >= 15 is 0 Å². The minimum Gasteiger partial charge on any atom is -0.453 e. The van der Waals surface area contributed by atoms with Crippen molar-refractivity contribution in [1.82, 2.24) is 9.78 Å². The van der Waals surface area contributed by atoms with Gasteiger partial charge in [-0.05, 0) is 24.3 Å². The molecule has 0 atom stereocenters. The number of halogens is 3. The van der Waals surface area contributed by atoms with Crippen LogP contribution in [0.2, 0.25) is 0 Å². The van der Waals surface area contributed by atoms with Gasteiger partial charge >= 0.3 is 6.18 Å². The van der Waals surface area contributed by atoms with Gasteiger partial charge in [-0.1, -0.05) is 30.3 Å². The average Bonchev–Trinajstić information content (AvgIpc) is 2.96. The Labute approximate surface area is 124 Å². The SMILES string of the molecule is FC(F)(F)c1ccccc1Oc1cnn(-c2ccccc2)c1. The lowest BCUT2D eigenvalue weighted by atomic mass is 10.2. The molecule has 6 heteroatoms. The number of benzene rings is 2. The van der Waals surface area contributed by atoms with Crippen molar-refractivity contribution in [2.75, 3.05) is 0 Å². The first kappa shape index (κ1) is 14.2. The molecule has 0 radical (unpaired) electrons. The van der Waals surface area contributed by atoms with Crippen molar-refractivity contribution in [3.05, 3.63) is 72.6 Å². The summed E-state index contributed by atoms with van der Waals surface area (Å²) in [4.78, 5) is 0.